The van der Waals surface area contributed by atoms with Crippen molar-refractivity contribution in [3.05, 3.63) is 65.5 Å². The van der Waals surface area contributed by atoms with Crippen LogP contribution in [0.3, 0.4) is 0 Å². The fourth-order valence-corrected chi connectivity index (χ4v) is 1.84. The van der Waals surface area contributed by atoms with Crippen molar-refractivity contribution in [3.63, 3.8) is 0 Å². The first-order valence-corrected chi connectivity index (χ1v) is 6.95. The monoisotopic (exact) mass is 287 g/mol. The molecule has 0 fully saturated rings. The molecule has 1 amide bonds. The van der Waals surface area contributed by atoms with Crippen molar-refractivity contribution in [1.29, 1.82) is 0 Å². The third-order valence-electron chi connectivity index (χ3n) is 2.98. The Hall–Kier alpha value is -2.36. The number of carbonyl (C=O) groups is 1. The highest BCUT2D eigenvalue weighted by atomic mass is 19.1. The number of halogens is 1. The van der Waals surface area contributed by atoms with Crippen molar-refractivity contribution in [2.75, 3.05) is 6.54 Å². The standard InChI is InChI=1S/C17H18FNO2/c1-2-10-19-17(20)13-7-5-8-15(11-13)21-12-14-6-3-4-9-16(14)18/h3-9,11H,2,10,12H2,1H3,(H,19,20). The fourth-order valence-electron chi connectivity index (χ4n) is 1.84. The van der Waals surface area contributed by atoms with Crippen LogP contribution in [0.4, 0.5) is 4.39 Å². The lowest BCUT2D eigenvalue weighted by atomic mass is 10.2. The predicted octanol–water partition coefficient (Wildman–Crippen LogP) is 3.54. The van der Waals surface area contributed by atoms with Crippen LogP contribution in [-0.4, -0.2) is 12.5 Å². The van der Waals surface area contributed by atoms with E-state index in [0.29, 0.717) is 23.4 Å². The zero-order valence-corrected chi connectivity index (χ0v) is 11.9. The van der Waals surface area contributed by atoms with Crippen LogP contribution in [0.2, 0.25) is 0 Å². The van der Waals surface area contributed by atoms with Crippen LogP contribution in [-0.2, 0) is 6.61 Å². The molecule has 2 aromatic rings. The SMILES string of the molecule is CCCNC(=O)c1cccc(OCc2ccccc2F)c1. The van der Waals surface area contributed by atoms with E-state index in [0.717, 1.165) is 6.42 Å². The van der Waals surface area contributed by atoms with E-state index in [1.165, 1.54) is 6.07 Å². The highest BCUT2D eigenvalue weighted by Crippen LogP contribution is 2.16. The van der Waals surface area contributed by atoms with Gasteiger partial charge >= 0.3 is 0 Å². The van der Waals surface area contributed by atoms with Gasteiger partial charge in [0.25, 0.3) is 5.91 Å². The zero-order valence-electron chi connectivity index (χ0n) is 11.9. The average Bonchev–Trinajstić information content (AvgIpc) is 2.52. The van der Waals surface area contributed by atoms with Gasteiger partial charge in [-0.05, 0) is 30.7 Å². The summed E-state index contributed by atoms with van der Waals surface area (Å²) in [5.41, 5.74) is 1.02. The Kier molecular flexibility index (Phi) is 5.32. The topological polar surface area (TPSA) is 38.3 Å². The van der Waals surface area contributed by atoms with Gasteiger partial charge in [0.05, 0.1) is 0 Å². The minimum atomic E-state index is -0.297. The van der Waals surface area contributed by atoms with Crippen LogP contribution in [0, 0.1) is 5.82 Å². The van der Waals surface area contributed by atoms with Gasteiger partial charge in [-0.2, -0.15) is 0 Å². The molecule has 0 aliphatic rings. The molecule has 0 aliphatic carbocycles. The summed E-state index contributed by atoms with van der Waals surface area (Å²) in [6.07, 6.45) is 0.884. The molecule has 0 radical (unpaired) electrons. The average molecular weight is 287 g/mol. The molecule has 1 N–H and O–H groups in total. The second kappa shape index (κ2) is 7.43. The fraction of sp³-hybridized carbons (Fsp3) is 0.235. The Morgan fingerprint density at radius 2 is 2.00 bits per heavy atom. The number of carbonyl (C=O) groups excluding carboxylic acids is 1. The molecule has 0 heterocycles. The molecule has 21 heavy (non-hydrogen) atoms. The smallest absolute Gasteiger partial charge is 0.251 e. The van der Waals surface area contributed by atoms with Crippen LogP contribution in [0.1, 0.15) is 29.3 Å². The molecule has 110 valence electrons. The normalized spacial score (nSPS) is 10.2. The summed E-state index contributed by atoms with van der Waals surface area (Å²) in [5, 5.41) is 2.80. The van der Waals surface area contributed by atoms with Gasteiger partial charge in [-0.25, -0.2) is 4.39 Å². The van der Waals surface area contributed by atoms with Gasteiger partial charge in [-0.15, -0.1) is 0 Å². The third kappa shape index (κ3) is 4.31. The van der Waals surface area contributed by atoms with Gasteiger partial charge in [-0.1, -0.05) is 31.2 Å². The molecular formula is C17H18FNO2. The van der Waals surface area contributed by atoms with E-state index in [4.69, 9.17) is 4.74 Å². The maximum absolute atomic E-state index is 13.5. The molecule has 4 heteroatoms. The summed E-state index contributed by atoms with van der Waals surface area (Å²) in [7, 11) is 0. The summed E-state index contributed by atoms with van der Waals surface area (Å²) in [5.74, 6) is 0.116. The quantitative estimate of drug-likeness (QED) is 0.882. The molecule has 2 rings (SSSR count). The Morgan fingerprint density at radius 3 is 2.76 bits per heavy atom. The Labute approximate surface area is 123 Å². The van der Waals surface area contributed by atoms with Crippen LogP contribution < -0.4 is 10.1 Å². The third-order valence-corrected chi connectivity index (χ3v) is 2.98. The predicted molar refractivity (Wildman–Crippen MR) is 79.8 cm³/mol. The molecule has 0 aliphatic heterocycles. The lowest BCUT2D eigenvalue weighted by Crippen LogP contribution is -2.23. The first-order chi connectivity index (χ1) is 10.2. The molecule has 3 nitrogen and oxygen atoms in total. The molecule has 0 aromatic heterocycles. The maximum Gasteiger partial charge on any atom is 0.251 e. The van der Waals surface area contributed by atoms with Gasteiger partial charge in [-0.3, -0.25) is 4.79 Å². The summed E-state index contributed by atoms with van der Waals surface area (Å²) in [6.45, 7) is 2.76. The van der Waals surface area contributed by atoms with Crippen molar-refractivity contribution in [3.8, 4) is 5.75 Å². The Bertz CT molecular complexity index is 613. The summed E-state index contributed by atoms with van der Waals surface area (Å²) < 4.78 is 19.0. The van der Waals surface area contributed by atoms with Gasteiger partial charge in [0.1, 0.15) is 18.2 Å². The van der Waals surface area contributed by atoms with E-state index < -0.39 is 0 Å². The van der Waals surface area contributed by atoms with E-state index in [9.17, 15) is 9.18 Å². The first-order valence-electron chi connectivity index (χ1n) is 6.95. The minimum absolute atomic E-state index is 0.131. The van der Waals surface area contributed by atoms with E-state index in [-0.39, 0.29) is 18.3 Å². The summed E-state index contributed by atoms with van der Waals surface area (Å²) >= 11 is 0. The van der Waals surface area contributed by atoms with Crippen molar-refractivity contribution in [2.24, 2.45) is 0 Å². The van der Waals surface area contributed by atoms with E-state index in [2.05, 4.69) is 5.32 Å². The summed E-state index contributed by atoms with van der Waals surface area (Å²) in [4.78, 5) is 11.9. The molecular weight excluding hydrogens is 269 g/mol. The van der Waals surface area contributed by atoms with Crippen molar-refractivity contribution < 1.29 is 13.9 Å². The Balaban J connectivity index is 2.01. The molecule has 0 bridgehead atoms. The van der Waals surface area contributed by atoms with Crippen LogP contribution in [0.25, 0.3) is 0 Å². The van der Waals surface area contributed by atoms with Gasteiger partial charge < -0.3 is 10.1 Å². The first kappa shape index (κ1) is 15.0. The van der Waals surface area contributed by atoms with Crippen molar-refractivity contribution >= 4 is 5.91 Å². The zero-order chi connectivity index (χ0) is 15.1. The highest BCUT2D eigenvalue weighted by Gasteiger charge is 2.07. The molecule has 0 atom stereocenters. The molecule has 0 unspecified atom stereocenters. The highest BCUT2D eigenvalue weighted by molar-refractivity contribution is 5.94. The van der Waals surface area contributed by atoms with Crippen LogP contribution in [0.5, 0.6) is 5.75 Å². The largest absolute Gasteiger partial charge is 0.489 e. The number of amides is 1. The molecule has 0 saturated heterocycles. The number of rotatable bonds is 6. The molecule has 0 spiro atoms. The van der Waals surface area contributed by atoms with Crippen molar-refractivity contribution in [1.82, 2.24) is 5.32 Å². The van der Waals surface area contributed by atoms with E-state index in [1.807, 2.05) is 6.92 Å². The van der Waals surface area contributed by atoms with Crippen LogP contribution >= 0.6 is 0 Å². The Morgan fingerprint density at radius 1 is 1.19 bits per heavy atom. The number of ether oxygens (including phenoxy) is 1. The second-order valence-corrected chi connectivity index (χ2v) is 4.66. The number of benzene rings is 2. The van der Waals surface area contributed by atoms with Gasteiger partial charge in [0.15, 0.2) is 0 Å². The summed E-state index contributed by atoms with van der Waals surface area (Å²) in [6, 6.07) is 13.3. The van der Waals surface area contributed by atoms with Gasteiger partial charge in [0.2, 0.25) is 0 Å². The van der Waals surface area contributed by atoms with E-state index >= 15 is 0 Å². The van der Waals surface area contributed by atoms with Crippen molar-refractivity contribution in [2.45, 2.75) is 20.0 Å². The maximum atomic E-state index is 13.5. The molecule has 2 aromatic carbocycles. The number of nitrogens with one attached hydrogen (secondary N) is 1. The second-order valence-electron chi connectivity index (χ2n) is 4.66. The number of hydrogen-bond acceptors (Lipinski definition) is 2. The van der Waals surface area contributed by atoms with Gasteiger partial charge in [0, 0.05) is 17.7 Å². The van der Waals surface area contributed by atoms with Crippen LogP contribution in [0.15, 0.2) is 48.5 Å². The minimum Gasteiger partial charge on any atom is -0.489 e. The molecule has 0 saturated carbocycles. The lowest BCUT2D eigenvalue weighted by molar-refractivity contribution is 0.0953. The van der Waals surface area contributed by atoms with E-state index in [1.54, 1.807) is 42.5 Å². The number of hydrogen-bond donors (Lipinski definition) is 1. The lowest BCUT2D eigenvalue weighted by Gasteiger charge is -2.09.